The summed E-state index contributed by atoms with van der Waals surface area (Å²) in [5.74, 6) is -1.39. The van der Waals surface area contributed by atoms with Gasteiger partial charge in [-0.3, -0.25) is 4.79 Å². The molecule has 114 valence electrons. The number of rotatable bonds is 4. The second-order valence-electron chi connectivity index (χ2n) is 5.34. The molecule has 1 amide bonds. The van der Waals surface area contributed by atoms with Gasteiger partial charge in [0.25, 0.3) is 0 Å². The summed E-state index contributed by atoms with van der Waals surface area (Å²) in [5, 5.41) is 1.88. The van der Waals surface area contributed by atoms with Crippen molar-refractivity contribution in [2.45, 2.75) is 31.8 Å². The SMILES string of the molecule is CCc1sccc1C(=O)OC1Cc2ccccc2C1C(N)=O. The molecule has 0 saturated carbocycles. The smallest absolute Gasteiger partial charge is 0.339 e. The van der Waals surface area contributed by atoms with E-state index in [0.717, 1.165) is 22.4 Å². The van der Waals surface area contributed by atoms with Crippen molar-refractivity contribution in [1.29, 1.82) is 0 Å². The van der Waals surface area contributed by atoms with Crippen molar-refractivity contribution in [3.8, 4) is 0 Å². The van der Waals surface area contributed by atoms with Gasteiger partial charge in [-0.05, 0) is 29.0 Å². The normalized spacial score (nSPS) is 19.7. The van der Waals surface area contributed by atoms with Gasteiger partial charge < -0.3 is 10.5 Å². The Labute approximate surface area is 132 Å². The number of ether oxygens (including phenoxy) is 1. The molecule has 0 fully saturated rings. The van der Waals surface area contributed by atoms with E-state index in [9.17, 15) is 9.59 Å². The largest absolute Gasteiger partial charge is 0.457 e. The third-order valence-electron chi connectivity index (χ3n) is 4.03. The average molecular weight is 315 g/mol. The first-order valence-corrected chi connectivity index (χ1v) is 8.14. The Hall–Kier alpha value is -2.14. The predicted molar refractivity (Wildman–Crippen MR) is 85.0 cm³/mol. The van der Waals surface area contributed by atoms with Crippen LogP contribution >= 0.6 is 11.3 Å². The van der Waals surface area contributed by atoms with Crippen molar-refractivity contribution in [3.05, 3.63) is 57.3 Å². The quantitative estimate of drug-likeness (QED) is 0.882. The van der Waals surface area contributed by atoms with Crippen molar-refractivity contribution >= 4 is 23.2 Å². The molecule has 1 aliphatic rings. The predicted octanol–water partition coefficient (Wildman–Crippen LogP) is 2.66. The van der Waals surface area contributed by atoms with E-state index in [-0.39, 0.29) is 5.97 Å². The van der Waals surface area contributed by atoms with Crippen LogP contribution in [0.15, 0.2) is 35.7 Å². The number of aryl methyl sites for hydroxylation is 1. The molecule has 0 bridgehead atoms. The summed E-state index contributed by atoms with van der Waals surface area (Å²) in [7, 11) is 0. The van der Waals surface area contributed by atoms with Crippen LogP contribution in [0.4, 0.5) is 0 Å². The van der Waals surface area contributed by atoms with Crippen LogP contribution in [0.1, 0.15) is 39.2 Å². The zero-order chi connectivity index (χ0) is 15.7. The van der Waals surface area contributed by atoms with Crippen molar-refractivity contribution in [3.63, 3.8) is 0 Å². The molecule has 0 aliphatic heterocycles. The van der Waals surface area contributed by atoms with Crippen LogP contribution in [-0.4, -0.2) is 18.0 Å². The minimum Gasteiger partial charge on any atom is -0.457 e. The molecule has 0 spiro atoms. The van der Waals surface area contributed by atoms with Crippen LogP contribution in [0.5, 0.6) is 0 Å². The fourth-order valence-corrected chi connectivity index (χ4v) is 3.82. The number of hydrogen-bond donors (Lipinski definition) is 1. The highest BCUT2D eigenvalue weighted by atomic mass is 32.1. The van der Waals surface area contributed by atoms with Gasteiger partial charge in [0.2, 0.25) is 5.91 Å². The number of fused-ring (bicyclic) bond motifs is 1. The second kappa shape index (κ2) is 5.93. The van der Waals surface area contributed by atoms with Gasteiger partial charge in [-0.2, -0.15) is 0 Å². The Morgan fingerprint density at radius 2 is 2.09 bits per heavy atom. The number of amides is 1. The van der Waals surface area contributed by atoms with Gasteiger partial charge >= 0.3 is 5.97 Å². The number of esters is 1. The van der Waals surface area contributed by atoms with Gasteiger partial charge in [0.05, 0.1) is 5.56 Å². The van der Waals surface area contributed by atoms with E-state index in [0.29, 0.717) is 12.0 Å². The third kappa shape index (κ3) is 2.52. The molecule has 2 N–H and O–H groups in total. The number of nitrogens with two attached hydrogens (primary N) is 1. The lowest BCUT2D eigenvalue weighted by atomic mass is 9.99. The molecule has 2 unspecified atom stereocenters. The van der Waals surface area contributed by atoms with Gasteiger partial charge in [0.1, 0.15) is 12.0 Å². The molecule has 2 atom stereocenters. The Kier molecular flexibility index (Phi) is 3.98. The Morgan fingerprint density at radius 1 is 1.32 bits per heavy atom. The lowest BCUT2D eigenvalue weighted by molar-refractivity contribution is -0.121. The van der Waals surface area contributed by atoms with Crippen molar-refractivity contribution < 1.29 is 14.3 Å². The van der Waals surface area contributed by atoms with E-state index in [1.54, 1.807) is 6.07 Å². The molecule has 4 nitrogen and oxygen atoms in total. The number of primary amides is 1. The van der Waals surface area contributed by atoms with E-state index >= 15 is 0 Å². The zero-order valence-corrected chi connectivity index (χ0v) is 13.1. The van der Waals surface area contributed by atoms with Crippen LogP contribution in [0, 0.1) is 0 Å². The lowest BCUT2D eigenvalue weighted by Crippen LogP contribution is -2.32. The highest BCUT2D eigenvalue weighted by molar-refractivity contribution is 7.10. The molecule has 3 rings (SSSR count). The first kappa shape index (κ1) is 14.8. The van der Waals surface area contributed by atoms with Crippen molar-refractivity contribution in [1.82, 2.24) is 0 Å². The van der Waals surface area contributed by atoms with E-state index in [1.807, 2.05) is 36.6 Å². The Morgan fingerprint density at radius 3 is 2.82 bits per heavy atom. The summed E-state index contributed by atoms with van der Waals surface area (Å²) >= 11 is 1.54. The van der Waals surface area contributed by atoms with Crippen LogP contribution in [0.25, 0.3) is 0 Å². The van der Waals surface area contributed by atoms with Gasteiger partial charge in [-0.15, -0.1) is 11.3 Å². The maximum atomic E-state index is 12.4. The molecular formula is C17H17NO3S. The van der Waals surface area contributed by atoms with E-state index in [4.69, 9.17) is 10.5 Å². The molecule has 0 saturated heterocycles. The standard InChI is InChI=1S/C17H17NO3S/c1-2-14-12(7-8-22-14)17(20)21-13-9-10-5-3-4-6-11(10)15(13)16(18)19/h3-8,13,15H,2,9H2,1H3,(H2,18,19). The van der Waals surface area contributed by atoms with Crippen molar-refractivity contribution in [2.24, 2.45) is 5.73 Å². The summed E-state index contributed by atoms with van der Waals surface area (Å²) in [6.07, 6.45) is 0.792. The first-order valence-electron chi connectivity index (χ1n) is 7.26. The highest BCUT2D eigenvalue weighted by Crippen LogP contribution is 2.35. The minimum absolute atomic E-state index is 0.373. The van der Waals surface area contributed by atoms with Crippen molar-refractivity contribution in [2.75, 3.05) is 0 Å². The van der Waals surface area contributed by atoms with Gasteiger partial charge in [-0.25, -0.2) is 4.79 Å². The number of carbonyl (C=O) groups excluding carboxylic acids is 2. The maximum Gasteiger partial charge on any atom is 0.339 e. The van der Waals surface area contributed by atoms with Crippen LogP contribution < -0.4 is 5.73 Å². The molecule has 22 heavy (non-hydrogen) atoms. The van der Waals surface area contributed by atoms with Gasteiger partial charge in [0, 0.05) is 11.3 Å². The molecule has 1 aromatic carbocycles. The number of benzene rings is 1. The number of thiophene rings is 1. The fourth-order valence-electron chi connectivity index (χ4n) is 3.00. The minimum atomic E-state index is -0.566. The van der Waals surface area contributed by atoms with E-state index in [2.05, 4.69) is 0 Å². The Bertz CT molecular complexity index is 722. The monoisotopic (exact) mass is 315 g/mol. The maximum absolute atomic E-state index is 12.4. The van der Waals surface area contributed by atoms with Crippen LogP contribution in [0.3, 0.4) is 0 Å². The topological polar surface area (TPSA) is 69.4 Å². The third-order valence-corrected chi connectivity index (χ3v) is 5.10. The highest BCUT2D eigenvalue weighted by Gasteiger charge is 2.39. The molecule has 1 aliphatic carbocycles. The molecule has 0 radical (unpaired) electrons. The summed E-state index contributed by atoms with van der Waals surface area (Å²) in [4.78, 5) is 25.2. The number of carbonyl (C=O) groups is 2. The summed E-state index contributed by atoms with van der Waals surface area (Å²) in [5.41, 5.74) is 8.00. The van der Waals surface area contributed by atoms with Gasteiger partial charge in [0.15, 0.2) is 0 Å². The summed E-state index contributed by atoms with van der Waals surface area (Å²) in [6.45, 7) is 2.00. The average Bonchev–Trinajstić information content (AvgIpc) is 3.10. The molecular weight excluding hydrogens is 298 g/mol. The number of hydrogen-bond acceptors (Lipinski definition) is 4. The summed E-state index contributed by atoms with van der Waals surface area (Å²) < 4.78 is 5.62. The second-order valence-corrected chi connectivity index (χ2v) is 6.34. The molecule has 1 heterocycles. The zero-order valence-electron chi connectivity index (χ0n) is 12.2. The lowest BCUT2D eigenvalue weighted by Gasteiger charge is -2.18. The fraction of sp³-hybridized carbons (Fsp3) is 0.294. The first-order chi connectivity index (χ1) is 10.6. The Balaban J connectivity index is 1.84. The molecule has 5 heteroatoms. The molecule has 2 aromatic rings. The van der Waals surface area contributed by atoms with E-state index in [1.165, 1.54) is 11.3 Å². The summed E-state index contributed by atoms with van der Waals surface area (Å²) in [6, 6.07) is 9.37. The molecule has 1 aromatic heterocycles. The van der Waals surface area contributed by atoms with E-state index < -0.39 is 17.9 Å². The van der Waals surface area contributed by atoms with Crippen LogP contribution in [-0.2, 0) is 22.4 Å². The van der Waals surface area contributed by atoms with Gasteiger partial charge in [-0.1, -0.05) is 31.2 Å². The van der Waals surface area contributed by atoms with Crippen LogP contribution in [0.2, 0.25) is 0 Å².